The van der Waals surface area contributed by atoms with Crippen LogP contribution in [0.2, 0.25) is 5.02 Å². The van der Waals surface area contributed by atoms with E-state index in [-0.39, 0.29) is 18.7 Å². The fraction of sp³-hybridized carbons (Fsp3) is 0.217. The van der Waals surface area contributed by atoms with Crippen molar-refractivity contribution in [2.75, 3.05) is 23.4 Å². The van der Waals surface area contributed by atoms with Crippen LogP contribution in [0.3, 0.4) is 0 Å². The van der Waals surface area contributed by atoms with Crippen LogP contribution in [0, 0.1) is 18.3 Å². The van der Waals surface area contributed by atoms with Crippen LogP contribution in [0.4, 0.5) is 10.8 Å². The smallest absolute Gasteiger partial charge is 0.358 e. The topological polar surface area (TPSA) is 95.3 Å². The average Bonchev–Trinajstić information content (AvgIpc) is 3.28. The Morgan fingerprint density at radius 1 is 1.25 bits per heavy atom. The largest absolute Gasteiger partial charge is 0.451 e. The molecule has 7 nitrogen and oxygen atoms in total. The summed E-state index contributed by atoms with van der Waals surface area (Å²) in [6, 6.07) is 17.0. The fourth-order valence-electron chi connectivity index (χ4n) is 2.86. The normalized spacial score (nSPS) is 10.3. The molecule has 9 heteroatoms. The number of ether oxygens (including phenoxy) is 1. The quantitative estimate of drug-likeness (QED) is 0.452. The van der Waals surface area contributed by atoms with Crippen LogP contribution in [0.1, 0.15) is 28.0 Å². The highest BCUT2D eigenvalue weighted by Crippen LogP contribution is 2.23. The Labute approximate surface area is 195 Å². The van der Waals surface area contributed by atoms with Crippen molar-refractivity contribution in [3.05, 3.63) is 75.8 Å². The van der Waals surface area contributed by atoms with Crippen LogP contribution in [0.15, 0.2) is 53.9 Å². The highest BCUT2D eigenvalue weighted by molar-refractivity contribution is 7.13. The molecule has 3 rings (SSSR count). The molecule has 0 radical (unpaired) electrons. The molecular formula is C23H21ClN4O3S. The molecule has 0 aliphatic carbocycles. The van der Waals surface area contributed by atoms with E-state index in [1.807, 2.05) is 43.3 Å². The van der Waals surface area contributed by atoms with E-state index in [9.17, 15) is 9.59 Å². The molecule has 0 bridgehead atoms. The second-order valence-corrected chi connectivity index (χ2v) is 8.11. The maximum absolute atomic E-state index is 12.7. The maximum Gasteiger partial charge on any atom is 0.358 e. The van der Waals surface area contributed by atoms with Gasteiger partial charge in [-0.05, 0) is 36.2 Å². The molecule has 0 atom stereocenters. The summed E-state index contributed by atoms with van der Waals surface area (Å²) in [6.07, 6.45) is 0.143. The van der Waals surface area contributed by atoms with E-state index in [2.05, 4.69) is 10.3 Å². The maximum atomic E-state index is 12.7. The van der Waals surface area contributed by atoms with Gasteiger partial charge in [-0.1, -0.05) is 41.9 Å². The van der Waals surface area contributed by atoms with Crippen molar-refractivity contribution in [1.82, 2.24) is 4.98 Å². The Balaban J connectivity index is 1.58. The van der Waals surface area contributed by atoms with Crippen LogP contribution in [0.25, 0.3) is 0 Å². The van der Waals surface area contributed by atoms with Crippen molar-refractivity contribution in [2.24, 2.45) is 0 Å². The number of thiazole rings is 1. The summed E-state index contributed by atoms with van der Waals surface area (Å²) in [5.74, 6) is -1.12. The number of aryl methyl sites for hydroxylation is 1. The summed E-state index contributed by atoms with van der Waals surface area (Å²) < 4.78 is 5.18. The zero-order valence-corrected chi connectivity index (χ0v) is 18.9. The van der Waals surface area contributed by atoms with E-state index in [1.165, 1.54) is 16.2 Å². The number of rotatable bonds is 9. The molecule has 0 aliphatic heterocycles. The first-order valence-electron chi connectivity index (χ1n) is 9.82. The van der Waals surface area contributed by atoms with E-state index in [0.29, 0.717) is 22.4 Å². The average molecular weight is 469 g/mol. The highest BCUT2D eigenvalue weighted by Gasteiger charge is 2.20. The van der Waals surface area contributed by atoms with Crippen LogP contribution in [0.5, 0.6) is 0 Å². The highest BCUT2D eigenvalue weighted by atomic mass is 35.5. The first-order valence-corrected chi connectivity index (χ1v) is 11.1. The van der Waals surface area contributed by atoms with Gasteiger partial charge in [-0.2, -0.15) is 5.26 Å². The molecular weight excluding hydrogens is 448 g/mol. The third-order valence-electron chi connectivity index (χ3n) is 4.53. The van der Waals surface area contributed by atoms with Gasteiger partial charge >= 0.3 is 5.97 Å². The van der Waals surface area contributed by atoms with E-state index in [0.717, 1.165) is 11.1 Å². The van der Waals surface area contributed by atoms with Crippen LogP contribution < -0.4 is 10.2 Å². The van der Waals surface area contributed by atoms with Gasteiger partial charge in [0.2, 0.25) is 0 Å². The summed E-state index contributed by atoms with van der Waals surface area (Å²) in [4.78, 5) is 30.7. The second-order valence-electron chi connectivity index (χ2n) is 6.84. The Morgan fingerprint density at radius 3 is 2.75 bits per heavy atom. The SMILES string of the molecule is Cc1cc(N(CCC#N)C(=O)COC(=O)c2csc(NCc3ccccc3)n2)ccc1Cl. The number of nitriles is 1. The minimum atomic E-state index is -0.685. The number of nitrogens with one attached hydrogen (secondary N) is 1. The van der Waals surface area contributed by atoms with E-state index in [4.69, 9.17) is 21.6 Å². The Morgan fingerprint density at radius 2 is 2.03 bits per heavy atom. The molecule has 0 aliphatic rings. The number of aromatic nitrogens is 1. The van der Waals surface area contributed by atoms with Gasteiger partial charge in [0.15, 0.2) is 17.4 Å². The summed E-state index contributed by atoms with van der Waals surface area (Å²) >= 11 is 7.34. The molecule has 1 amide bonds. The monoisotopic (exact) mass is 468 g/mol. The van der Waals surface area contributed by atoms with Gasteiger partial charge < -0.3 is 15.0 Å². The van der Waals surface area contributed by atoms with Crippen molar-refractivity contribution in [3.63, 3.8) is 0 Å². The number of benzene rings is 2. The Kier molecular flexibility index (Phi) is 8.20. The lowest BCUT2D eigenvalue weighted by atomic mass is 10.2. The van der Waals surface area contributed by atoms with Crippen molar-refractivity contribution in [2.45, 2.75) is 19.9 Å². The van der Waals surface area contributed by atoms with Gasteiger partial charge in [-0.15, -0.1) is 11.3 Å². The first kappa shape index (κ1) is 23.3. The molecule has 3 aromatic rings. The lowest BCUT2D eigenvalue weighted by molar-refractivity contribution is -0.121. The molecule has 2 aromatic carbocycles. The molecule has 0 fully saturated rings. The molecule has 164 valence electrons. The predicted octanol–water partition coefficient (Wildman–Crippen LogP) is 4.82. The molecule has 1 heterocycles. The molecule has 1 aromatic heterocycles. The number of carbonyl (C=O) groups is 2. The summed E-state index contributed by atoms with van der Waals surface area (Å²) in [7, 11) is 0. The third kappa shape index (κ3) is 6.30. The van der Waals surface area contributed by atoms with Crippen molar-refractivity contribution in [1.29, 1.82) is 5.26 Å². The number of esters is 1. The van der Waals surface area contributed by atoms with Gasteiger partial charge in [0.25, 0.3) is 5.91 Å². The van der Waals surface area contributed by atoms with Gasteiger partial charge in [0.1, 0.15) is 0 Å². The fourth-order valence-corrected chi connectivity index (χ4v) is 3.65. The van der Waals surface area contributed by atoms with Crippen molar-refractivity contribution < 1.29 is 14.3 Å². The predicted molar refractivity (Wildman–Crippen MR) is 125 cm³/mol. The number of halogens is 1. The lowest BCUT2D eigenvalue weighted by Crippen LogP contribution is -2.35. The zero-order chi connectivity index (χ0) is 22.9. The van der Waals surface area contributed by atoms with Gasteiger partial charge in [0.05, 0.1) is 12.5 Å². The van der Waals surface area contributed by atoms with Gasteiger partial charge in [0, 0.05) is 29.2 Å². The van der Waals surface area contributed by atoms with Crippen LogP contribution in [-0.2, 0) is 16.1 Å². The first-order chi connectivity index (χ1) is 15.5. The lowest BCUT2D eigenvalue weighted by Gasteiger charge is -2.22. The van der Waals surface area contributed by atoms with E-state index >= 15 is 0 Å². The summed E-state index contributed by atoms with van der Waals surface area (Å²) in [5.41, 5.74) is 2.61. The van der Waals surface area contributed by atoms with Crippen molar-refractivity contribution in [3.8, 4) is 6.07 Å². The second kappa shape index (κ2) is 11.3. The molecule has 0 unspecified atom stereocenters. The third-order valence-corrected chi connectivity index (χ3v) is 5.75. The van der Waals surface area contributed by atoms with Gasteiger partial charge in [-0.3, -0.25) is 4.79 Å². The summed E-state index contributed by atoms with van der Waals surface area (Å²) in [6.45, 7) is 2.12. The minimum absolute atomic E-state index is 0.129. The molecule has 0 spiro atoms. The number of anilines is 2. The van der Waals surface area contributed by atoms with E-state index in [1.54, 1.807) is 23.6 Å². The van der Waals surface area contributed by atoms with Crippen molar-refractivity contribution >= 4 is 45.6 Å². The number of amides is 1. The molecule has 1 N–H and O–H groups in total. The van der Waals surface area contributed by atoms with Crippen LogP contribution >= 0.6 is 22.9 Å². The van der Waals surface area contributed by atoms with Gasteiger partial charge in [-0.25, -0.2) is 9.78 Å². The number of carbonyl (C=O) groups excluding carboxylic acids is 2. The molecule has 32 heavy (non-hydrogen) atoms. The molecule has 0 saturated heterocycles. The van der Waals surface area contributed by atoms with Crippen LogP contribution in [-0.4, -0.2) is 30.0 Å². The van der Waals surface area contributed by atoms with E-state index < -0.39 is 18.5 Å². The summed E-state index contributed by atoms with van der Waals surface area (Å²) in [5, 5.41) is 14.8. The Hall–Kier alpha value is -3.41. The minimum Gasteiger partial charge on any atom is -0.451 e. The number of hydrogen-bond donors (Lipinski definition) is 1. The number of hydrogen-bond acceptors (Lipinski definition) is 7. The number of nitrogens with zero attached hydrogens (tertiary/aromatic N) is 3. The molecule has 0 saturated carbocycles. The zero-order valence-electron chi connectivity index (χ0n) is 17.4. The standard InChI is InChI=1S/C23H21ClN4O3S/c1-16-12-18(8-9-19(16)24)28(11-5-10-25)21(29)14-31-22(30)20-15-32-23(27-20)26-13-17-6-3-2-4-7-17/h2-4,6-9,12,15H,5,11,13-14H2,1H3,(H,26,27). The Bertz CT molecular complexity index is 1130.